The second kappa shape index (κ2) is 8.69. The number of benzene rings is 2. The summed E-state index contributed by atoms with van der Waals surface area (Å²) in [6.07, 6.45) is -2.31. The highest BCUT2D eigenvalue weighted by Crippen LogP contribution is 2.33. The van der Waals surface area contributed by atoms with Gasteiger partial charge in [-0.3, -0.25) is 4.79 Å². The largest absolute Gasteiger partial charge is 0.478 e. The summed E-state index contributed by atoms with van der Waals surface area (Å²) in [5.41, 5.74) is -1.26. The van der Waals surface area contributed by atoms with Crippen LogP contribution in [0, 0.1) is 13.8 Å². The molecule has 0 aliphatic rings. The number of rotatable bonds is 6. The Morgan fingerprint density at radius 2 is 1.64 bits per heavy atom. The molecule has 0 amide bonds. The van der Waals surface area contributed by atoms with Crippen LogP contribution in [0.4, 0.5) is 13.2 Å². The van der Waals surface area contributed by atoms with Crippen LogP contribution < -0.4 is 4.74 Å². The second-order valence-electron chi connectivity index (χ2n) is 8.17. The van der Waals surface area contributed by atoms with Gasteiger partial charge >= 0.3 is 12.1 Å². The highest BCUT2D eigenvalue weighted by molar-refractivity contribution is 6.09. The quantitative estimate of drug-likeness (QED) is 0.362. The first-order valence-electron chi connectivity index (χ1n) is 10.0. The minimum Gasteiger partial charge on any atom is -0.478 e. The Morgan fingerprint density at radius 3 is 2.21 bits per heavy atom. The van der Waals surface area contributed by atoms with Gasteiger partial charge in [-0.1, -0.05) is 24.3 Å². The Hall–Kier alpha value is -3.68. The number of ketones is 1. The van der Waals surface area contributed by atoms with Crippen molar-refractivity contribution in [2.45, 2.75) is 39.5 Å². The molecule has 1 N–H and O–H groups in total. The standard InChI is InChI=1S/C25H22F3NO4/c1-14-11-16(12-15(2)21(14)33-24(3,4)23(31)32)9-10-20(30)18-13-17-7-5-6-8-19(17)29-22(18)25(26,27)28/h5-13H,1-4H3,(H,31,32). The number of para-hydroxylation sites is 1. The number of ether oxygens (including phenoxy) is 1. The number of carboxylic acid groups (broad SMARTS) is 1. The maximum Gasteiger partial charge on any atom is 0.434 e. The summed E-state index contributed by atoms with van der Waals surface area (Å²) in [5.74, 6) is -1.56. The summed E-state index contributed by atoms with van der Waals surface area (Å²) >= 11 is 0. The molecular weight excluding hydrogens is 435 g/mol. The number of hydrogen-bond donors (Lipinski definition) is 1. The highest BCUT2D eigenvalue weighted by Gasteiger charge is 2.37. The van der Waals surface area contributed by atoms with Crippen molar-refractivity contribution in [1.29, 1.82) is 0 Å². The van der Waals surface area contributed by atoms with Crippen molar-refractivity contribution in [3.63, 3.8) is 0 Å². The minimum absolute atomic E-state index is 0.150. The average Bonchev–Trinajstić information content (AvgIpc) is 2.73. The minimum atomic E-state index is -4.79. The van der Waals surface area contributed by atoms with Gasteiger partial charge in [0.2, 0.25) is 0 Å². The third-order valence-electron chi connectivity index (χ3n) is 5.04. The predicted molar refractivity (Wildman–Crippen MR) is 118 cm³/mol. The van der Waals surface area contributed by atoms with E-state index in [0.29, 0.717) is 27.8 Å². The number of carbonyl (C=O) groups is 2. The third kappa shape index (κ3) is 5.22. The molecule has 8 heteroatoms. The van der Waals surface area contributed by atoms with E-state index in [4.69, 9.17) is 4.74 Å². The van der Waals surface area contributed by atoms with Gasteiger partial charge in [-0.25, -0.2) is 9.78 Å². The molecule has 0 unspecified atom stereocenters. The molecule has 172 valence electrons. The van der Waals surface area contributed by atoms with Crippen molar-refractivity contribution in [2.24, 2.45) is 0 Å². The van der Waals surface area contributed by atoms with Crippen LogP contribution in [0.2, 0.25) is 0 Å². The summed E-state index contributed by atoms with van der Waals surface area (Å²) in [4.78, 5) is 27.7. The zero-order valence-corrected chi connectivity index (χ0v) is 18.4. The van der Waals surface area contributed by atoms with E-state index >= 15 is 0 Å². The maximum atomic E-state index is 13.5. The normalized spacial score (nSPS) is 12.3. The van der Waals surface area contributed by atoms with E-state index in [1.807, 2.05) is 0 Å². The fraction of sp³-hybridized carbons (Fsp3) is 0.240. The zero-order chi connectivity index (χ0) is 24.6. The number of nitrogens with zero attached hydrogens (tertiary/aromatic N) is 1. The lowest BCUT2D eigenvalue weighted by atomic mass is 10.0. The molecule has 0 saturated carbocycles. The number of fused-ring (bicyclic) bond motifs is 1. The van der Waals surface area contributed by atoms with Crippen LogP contribution >= 0.6 is 0 Å². The van der Waals surface area contributed by atoms with E-state index < -0.39 is 34.8 Å². The predicted octanol–water partition coefficient (Wildman–Crippen LogP) is 6.01. The molecule has 1 aromatic heterocycles. The number of aliphatic carboxylic acids is 1. The Morgan fingerprint density at radius 1 is 1.03 bits per heavy atom. The molecule has 0 atom stereocenters. The first-order chi connectivity index (χ1) is 15.3. The van der Waals surface area contributed by atoms with Crippen molar-refractivity contribution in [2.75, 3.05) is 0 Å². The Balaban J connectivity index is 1.95. The van der Waals surface area contributed by atoms with Crippen LogP contribution in [-0.2, 0) is 11.0 Å². The molecule has 3 aromatic rings. The van der Waals surface area contributed by atoms with E-state index in [1.165, 1.54) is 32.1 Å². The van der Waals surface area contributed by atoms with Gasteiger partial charge in [0.25, 0.3) is 0 Å². The zero-order valence-electron chi connectivity index (χ0n) is 18.4. The van der Waals surface area contributed by atoms with Crippen LogP contribution in [-0.4, -0.2) is 27.4 Å². The number of hydrogen-bond acceptors (Lipinski definition) is 4. The number of allylic oxidation sites excluding steroid dienone is 1. The number of alkyl halides is 3. The lowest BCUT2D eigenvalue weighted by molar-refractivity contribution is -0.152. The number of carbonyl (C=O) groups excluding carboxylic acids is 1. The summed E-state index contributed by atoms with van der Waals surface area (Å²) < 4.78 is 46.3. The van der Waals surface area contributed by atoms with Gasteiger partial charge in [0, 0.05) is 5.39 Å². The fourth-order valence-corrected chi connectivity index (χ4v) is 3.32. The lowest BCUT2D eigenvalue weighted by Gasteiger charge is -2.24. The highest BCUT2D eigenvalue weighted by atomic mass is 19.4. The van der Waals surface area contributed by atoms with Gasteiger partial charge in [-0.2, -0.15) is 13.2 Å². The van der Waals surface area contributed by atoms with Crippen molar-refractivity contribution < 1.29 is 32.6 Å². The van der Waals surface area contributed by atoms with E-state index in [-0.39, 0.29) is 5.52 Å². The summed E-state index contributed by atoms with van der Waals surface area (Å²) in [5, 5.41) is 9.71. The number of halogens is 3. The van der Waals surface area contributed by atoms with Gasteiger partial charge in [0.1, 0.15) is 5.75 Å². The van der Waals surface area contributed by atoms with Gasteiger partial charge in [0.05, 0.1) is 11.1 Å². The third-order valence-corrected chi connectivity index (χ3v) is 5.04. The molecule has 3 rings (SSSR count). The molecule has 0 bridgehead atoms. The van der Waals surface area contributed by atoms with E-state index in [0.717, 1.165) is 6.08 Å². The molecule has 0 fully saturated rings. The van der Waals surface area contributed by atoms with Crippen molar-refractivity contribution >= 4 is 28.7 Å². The molecular formula is C25H22F3NO4. The number of pyridine rings is 1. The Labute approximate surface area is 188 Å². The molecule has 0 radical (unpaired) electrons. The smallest absolute Gasteiger partial charge is 0.434 e. The number of aryl methyl sites for hydroxylation is 2. The number of carboxylic acids is 1. The first kappa shape index (κ1) is 24.0. The molecule has 0 aliphatic heterocycles. The SMILES string of the molecule is Cc1cc(C=CC(=O)c2cc3ccccc3nc2C(F)(F)F)cc(C)c1OC(C)(C)C(=O)O. The molecule has 2 aromatic carbocycles. The van der Waals surface area contributed by atoms with Crippen LogP contribution in [0.1, 0.15) is 46.6 Å². The molecule has 0 spiro atoms. The van der Waals surface area contributed by atoms with Crippen molar-refractivity contribution in [3.05, 3.63) is 76.5 Å². The van der Waals surface area contributed by atoms with Crippen molar-refractivity contribution in [3.8, 4) is 5.75 Å². The average molecular weight is 457 g/mol. The lowest BCUT2D eigenvalue weighted by Crippen LogP contribution is -2.38. The summed E-state index contributed by atoms with van der Waals surface area (Å²) in [6, 6.07) is 10.8. The monoisotopic (exact) mass is 457 g/mol. The van der Waals surface area contributed by atoms with Crippen LogP contribution in [0.25, 0.3) is 17.0 Å². The topological polar surface area (TPSA) is 76.5 Å². The number of aromatic nitrogens is 1. The van der Waals surface area contributed by atoms with Crippen molar-refractivity contribution in [1.82, 2.24) is 4.98 Å². The van der Waals surface area contributed by atoms with Crippen LogP contribution in [0.3, 0.4) is 0 Å². The van der Waals surface area contributed by atoms with Gasteiger partial charge in [0.15, 0.2) is 17.1 Å². The van der Waals surface area contributed by atoms with Crippen LogP contribution in [0.15, 0.2) is 48.5 Å². The first-order valence-corrected chi connectivity index (χ1v) is 10.0. The summed E-state index contributed by atoms with van der Waals surface area (Å²) in [7, 11) is 0. The molecule has 0 saturated heterocycles. The Bertz CT molecular complexity index is 1250. The maximum absolute atomic E-state index is 13.5. The second-order valence-corrected chi connectivity index (χ2v) is 8.17. The summed E-state index contributed by atoms with van der Waals surface area (Å²) in [6.45, 7) is 6.29. The van der Waals surface area contributed by atoms with Gasteiger partial charge in [-0.05, 0) is 74.7 Å². The molecule has 33 heavy (non-hydrogen) atoms. The van der Waals surface area contributed by atoms with Gasteiger partial charge < -0.3 is 9.84 Å². The van der Waals surface area contributed by atoms with E-state index in [2.05, 4.69) is 4.98 Å². The van der Waals surface area contributed by atoms with E-state index in [9.17, 15) is 27.9 Å². The van der Waals surface area contributed by atoms with Gasteiger partial charge in [-0.15, -0.1) is 0 Å². The Kier molecular flexibility index (Phi) is 6.31. The van der Waals surface area contributed by atoms with E-state index in [1.54, 1.807) is 44.2 Å². The molecule has 5 nitrogen and oxygen atoms in total. The molecule has 1 heterocycles. The van der Waals surface area contributed by atoms with Crippen LogP contribution in [0.5, 0.6) is 5.75 Å². The fourth-order valence-electron chi connectivity index (χ4n) is 3.32. The molecule has 0 aliphatic carbocycles.